The Hall–Kier alpha value is -3.48. The maximum absolute atomic E-state index is 12.8. The van der Waals surface area contributed by atoms with Gasteiger partial charge in [0.05, 0.1) is 5.39 Å². The second kappa shape index (κ2) is 8.49. The van der Waals surface area contributed by atoms with Crippen LogP contribution in [-0.4, -0.2) is 40.0 Å². The highest BCUT2D eigenvalue weighted by Gasteiger charge is 2.23. The molecule has 1 aliphatic carbocycles. The fourth-order valence-electron chi connectivity index (χ4n) is 4.01. The van der Waals surface area contributed by atoms with Crippen molar-refractivity contribution in [2.75, 3.05) is 12.4 Å². The number of rotatable bonds is 4. The molecule has 0 bridgehead atoms. The lowest BCUT2D eigenvalue weighted by molar-refractivity contribution is 0.0696. The quantitative estimate of drug-likeness (QED) is 0.695. The Bertz CT molecular complexity index is 1130. The molecule has 0 saturated heterocycles. The van der Waals surface area contributed by atoms with E-state index in [1.807, 2.05) is 11.9 Å². The van der Waals surface area contributed by atoms with Crippen LogP contribution in [0.4, 0.5) is 5.69 Å². The standard InChI is InChI=1S/C23H24N4O3/c1-27(17-7-3-2-4-8-17)23(30)15-11-13-16(14-12-15)24-22(29)20-18-9-5-6-10-19(18)21(28)26-25-20/h5-6,9-14,17H,2-4,7-8H2,1H3,(H,24,29)(H,26,28). The molecule has 4 rings (SSSR count). The van der Waals surface area contributed by atoms with E-state index in [0.717, 1.165) is 12.8 Å². The van der Waals surface area contributed by atoms with Crippen molar-refractivity contribution < 1.29 is 9.59 Å². The van der Waals surface area contributed by atoms with Crippen LogP contribution in [0.3, 0.4) is 0 Å². The summed E-state index contributed by atoms with van der Waals surface area (Å²) >= 11 is 0. The molecule has 0 atom stereocenters. The summed E-state index contributed by atoms with van der Waals surface area (Å²) in [6, 6.07) is 14.0. The Morgan fingerprint density at radius 2 is 1.67 bits per heavy atom. The number of carbonyl (C=O) groups excluding carboxylic acids is 2. The first-order valence-electron chi connectivity index (χ1n) is 10.2. The zero-order valence-corrected chi connectivity index (χ0v) is 16.9. The van der Waals surface area contributed by atoms with Gasteiger partial charge in [0.25, 0.3) is 17.4 Å². The number of nitrogens with zero attached hydrogens (tertiary/aromatic N) is 2. The zero-order valence-electron chi connectivity index (χ0n) is 16.9. The van der Waals surface area contributed by atoms with Gasteiger partial charge in [-0.3, -0.25) is 14.4 Å². The first-order chi connectivity index (χ1) is 14.5. The van der Waals surface area contributed by atoms with Crippen LogP contribution in [-0.2, 0) is 0 Å². The minimum atomic E-state index is -0.430. The zero-order chi connectivity index (χ0) is 21.1. The van der Waals surface area contributed by atoms with Crippen LogP contribution in [0.25, 0.3) is 10.8 Å². The lowest BCUT2D eigenvalue weighted by Crippen LogP contribution is -2.38. The molecule has 1 aromatic heterocycles. The van der Waals surface area contributed by atoms with Gasteiger partial charge in [0.2, 0.25) is 0 Å². The average molecular weight is 404 g/mol. The summed E-state index contributed by atoms with van der Waals surface area (Å²) in [7, 11) is 1.86. The lowest BCUT2D eigenvalue weighted by Gasteiger charge is -2.31. The number of aromatic nitrogens is 2. The van der Waals surface area contributed by atoms with E-state index in [1.54, 1.807) is 48.5 Å². The third-order valence-corrected chi connectivity index (χ3v) is 5.74. The van der Waals surface area contributed by atoms with Crippen LogP contribution in [0.1, 0.15) is 53.0 Å². The van der Waals surface area contributed by atoms with E-state index in [2.05, 4.69) is 15.5 Å². The maximum atomic E-state index is 12.8. The maximum Gasteiger partial charge on any atom is 0.276 e. The highest BCUT2D eigenvalue weighted by molar-refractivity contribution is 6.11. The summed E-state index contributed by atoms with van der Waals surface area (Å²) < 4.78 is 0. The number of carbonyl (C=O) groups is 2. The number of nitrogens with one attached hydrogen (secondary N) is 2. The summed E-state index contributed by atoms with van der Waals surface area (Å²) in [5, 5.41) is 9.95. The number of fused-ring (bicyclic) bond motifs is 1. The van der Waals surface area contributed by atoms with Crippen molar-refractivity contribution >= 4 is 28.3 Å². The molecule has 154 valence electrons. The Labute approximate surface area is 174 Å². The second-order valence-electron chi connectivity index (χ2n) is 7.69. The number of amides is 2. The molecule has 0 spiro atoms. The molecule has 1 aliphatic rings. The number of hydrogen-bond donors (Lipinski definition) is 2. The number of aromatic amines is 1. The minimum absolute atomic E-state index is 0.00641. The Morgan fingerprint density at radius 3 is 2.37 bits per heavy atom. The lowest BCUT2D eigenvalue weighted by atomic mass is 9.94. The smallest absolute Gasteiger partial charge is 0.276 e. The van der Waals surface area contributed by atoms with Gasteiger partial charge in [0.1, 0.15) is 0 Å². The Kier molecular flexibility index (Phi) is 5.61. The Balaban J connectivity index is 1.49. The van der Waals surface area contributed by atoms with Crippen molar-refractivity contribution in [3.8, 4) is 0 Å². The molecule has 2 N–H and O–H groups in total. The van der Waals surface area contributed by atoms with Gasteiger partial charge >= 0.3 is 0 Å². The topological polar surface area (TPSA) is 95.2 Å². The van der Waals surface area contributed by atoms with Gasteiger partial charge in [0, 0.05) is 29.7 Å². The minimum Gasteiger partial charge on any atom is -0.339 e. The molecule has 0 aliphatic heterocycles. The van der Waals surface area contributed by atoms with Crippen molar-refractivity contribution in [3.63, 3.8) is 0 Å². The molecule has 0 radical (unpaired) electrons. The number of benzene rings is 2. The second-order valence-corrected chi connectivity index (χ2v) is 7.69. The molecule has 7 heteroatoms. The van der Waals surface area contributed by atoms with Crippen LogP contribution in [0.2, 0.25) is 0 Å². The van der Waals surface area contributed by atoms with E-state index < -0.39 is 5.91 Å². The monoisotopic (exact) mass is 404 g/mol. The fraction of sp³-hybridized carbons (Fsp3) is 0.304. The van der Waals surface area contributed by atoms with E-state index in [4.69, 9.17) is 0 Å². The molecule has 30 heavy (non-hydrogen) atoms. The van der Waals surface area contributed by atoms with Crippen molar-refractivity contribution in [2.45, 2.75) is 38.1 Å². The van der Waals surface area contributed by atoms with Crippen molar-refractivity contribution in [3.05, 3.63) is 70.1 Å². The summed E-state index contributed by atoms with van der Waals surface area (Å²) in [5.41, 5.74) is 0.942. The predicted molar refractivity (Wildman–Crippen MR) is 116 cm³/mol. The third-order valence-electron chi connectivity index (χ3n) is 5.74. The summed E-state index contributed by atoms with van der Waals surface area (Å²) in [4.78, 5) is 39.2. The number of hydrogen-bond acceptors (Lipinski definition) is 4. The van der Waals surface area contributed by atoms with Crippen LogP contribution in [0, 0.1) is 0 Å². The van der Waals surface area contributed by atoms with Gasteiger partial charge in [-0.1, -0.05) is 37.5 Å². The van der Waals surface area contributed by atoms with Crippen LogP contribution < -0.4 is 10.9 Å². The fourth-order valence-corrected chi connectivity index (χ4v) is 4.01. The number of anilines is 1. The highest BCUT2D eigenvalue weighted by atomic mass is 16.2. The Morgan fingerprint density at radius 1 is 1.00 bits per heavy atom. The van der Waals surface area contributed by atoms with Gasteiger partial charge in [-0.25, -0.2) is 5.10 Å². The molecule has 1 heterocycles. The van der Waals surface area contributed by atoms with Crippen molar-refractivity contribution in [1.82, 2.24) is 15.1 Å². The van der Waals surface area contributed by atoms with E-state index in [-0.39, 0.29) is 17.2 Å². The van der Waals surface area contributed by atoms with Crippen molar-refractivity contribution in [2.24, 2.45) is 0 Å². The van der Waals surface area contributed by atoms with Gasteiger partial charge in [-0.05, 0) is 43.2 Å². The van der Waals surface area contributed by atoms with E-state index >= 15 is 0 Å². The van der Waals surface area contributed by atoms with Crippen LogP contribution in [0.5, 0.6) is 0 Å². The third kappa shape index (κ3) is 3.96. The van der Waals surface area contributed by atoms with Gasteiger partial charge < -0.3 is 10.2 Å². The van der Waals surface area contributed by atoms with E-state index in [1.165, 1.54) is 19.3 Å². The SMILES string of the molecule is CN(C(=O)c1ccc(NC(=O)c2n[nH]c(=O)c3ccccc23)cc1)C1CCCCC1. The largest absolute Gasteiger partial charge is 0.339 e. The first kappa shape index (κ1) is 19.8. The van der Waals surface area contributed by atoms with Crippen LogP contribution >= 0.6 is 0 Å². The molecule has 2 amide bonds. The van der Waals surface area contributed by atoms with Crippen molar-refractivity contribution in [1.29, 1.82) is 0 Å². The molecule has 1 fully saturated rings. The van der Waals surface area contributed by atoms with Crippen LogP contribution in [0.15, 0.2) is 53.3 Å². The van der Waals surface area contributed by atoms with E-state index in [9.17, 15) is 14.4 Å². The molecule has 0 unspecified atom stereocenters. The van der Waals surface area contributed by atoms with Gasteiger partial charge in [0.15, 0.2) is 5.69 Å². The number of H-pyrrole nitrogens is 1. The van der Waals surface area contributed by atoms with Gasteiger partial charge in [-0.2, -0.15) is 5.10 Å². The predicted octanol–water partition coefficient (Wildman–Crippen LogP) is 3.58. The summed E-state index contributed by atoms with van der Waals surface area (Å²) in [6.45, 7) is 0. The highest BCUT2D eigenvalue weighted by Crippen LogP contribution is 2.23. The molecular weight excluding hydrogens is 380 g/mol. The summed E-state index contributed by atoms with van der Waals surface area (Å²) in [6.07, 6.45) is 5.68. The normalized spacial score (nSPS) is 14.4. The van der Waals surface area contributed by atoms with E-state index in [0.29, 0.717) is 28.1 Å². The summed E-state index contributed by atoms with van der Waals surface area (Å²) in [5.74, 6) is -0.436. The molecule has 3 aromatic rings. The average Bonchev–Trinajstić information content (AvgIpc) is 2.79. The first-order valence-corrected chi connectivity index (χ1v) is 10.2. The molecule has 2 aromatic carbocycles. The molecule has 7 nitrogen and oxygen atoms in total. The van der Waals surface area contributed by atoms with Gasteiger partial charge in [-0.15, -0.1) is 0 Å². The molecule has 1 saturated carbocycles. The molecular formula is C23H24N4O3.